The molecule has 0 saturated carbocycles. The van der Waals surface area contributed by atoms with Crippen LogP contribution in [0.1, 0.15) is 24.2 Å². The monoisotopic (exact) mass is 361 g/mol. The molecule has 0 aromatic heterocycles. The topological polar surface area (TPSA) is 72.9 Å². The standard InChI is InChI=1S/C18H16ClNO5/c1-17-6-7-18(2,25-17)13-12(17)14(21)20(15(13)22)9-4-5-11(19)10(8-9)16(23)24-3/h4-8,12-13H,1-3H3/t12-,13+,17-,18-/m1/s1. The molecule has 6 nitrogen and oxygen atoms in total. The van der Waals surface area contributed by atoms with Gasteiger partial charge in [0.05, 0.1) is 46.4 Å². The third kappa shape index (κ3) is 1.98. The third-order valence-corrected chi connectivity index (χ3v) is 5.67. The first kappa shape index (κ1) is 16.3. The first-order valence-electron chi connectivity index (χ1n) is 7.88. The van der Waals surface area contributed by atoms with Crippen molar-refractivity contribution in [1.29, 1.82) is 0 Å². The summed E-state index contributed by atoms with van der Waals surface area (Å²) in [6.45, 7) is 3.63. The van der Waals surface area contributed by atoms with E-state index < -0.39 is 29.0 Å². The average molecular weight is 362 g/mol. The fraction of sp³-hybridized carbons (Fsp3) is 0.389. The van der Waals surface area contributed by atoms with Crippen molar-refractivity contribution in [2.24, 2.45) is 11.8 Å². The molecule has 0 aliphatic carbocycles. The minimum Gasteiger partial charge on any atom is -0.465 e. The summed E-state index contributed by atoms with van der Waals surface area (Å²) in [7, 11) is 1.24. The van der Waals surface area contributed by atoms with Gasteiger partial charge in [-0.15, -0.1) is 0 Å². The molecule has 2 bridgehead atoms. The molecule has 0 spiro atoms. The fourth-order valence-corrected chi connectivity index (χ4v) is 4.40. The Balaban J connectivity index is 1.78. The van der Waals surface area contributed by atoms with Crippen molar-refractivity contribution in [2.75, 3.05) is 12.0 Å². The quantitative estimate of drug-likeness (QED) is 0.459. The molecule has 3 aliphatic rings. The van der Waals surface area contributed by atoms with E-state index >= 15 is 0 Å². The average Bonchev–Trinajstić information content (AvgIpc) is 3.12. The number of imide groups is 1. The van der Waals surface area contributed by atoms with E-state index in [2.05, 4.69) is 0 Å². The number of anilines is 1. The van der Waals surface area contributed by atoms with Crippen LogP contribution in [0.4, 0.5) is 5.69 Å². The Hall–Kier alpha value is -2.18. The first-order valence-corrected chi connectivity index (χ1v) is 8.26. The molecule has 0 radical (unpaired) electrons. The Morgan fingerprint density at radius 2 is 1.72 bits per heavy atom. The fourth-order valence-electron chi connectivity index (χ4n) is 4.20. The summed E-state index contributed by atoms with van der Waals surface area (Å²) in [6, 6.07) is 4.43. The van der Waals surface area contributed by atoms with Crippen LogP contribution in [0.2, 0.25) is 5.02 Å². The summed E-state index contributed by atoms with van der Waals surface area (Å²) in [6.07, 6.45) is 3.70. The number of carbonyl (C=O) groups excluding carboxylic acids is 3. The number of halogens is 1. The highest BCUT2D eigenvalue weighted by atomic mass is 35.5. The highest BCUT2D eigenvalue weighted by Crippen LogP contribution is 2.57. The Bertz CT molecular complexity index is 829. The number of benzene rings is 1. The lowest BCUT2D eigenvalue weighted by Crippen LogP contribution is -2.39. The van der Waals surface area contributed by atoms with Crippen LogP contribution in [0.25, 0.3) is 0 Å². The zero-order valence-corrected chi connectivity index (χ0v) is 14.7. The maximum absolute atomic E-state index is 13.0. The molecule has 7 heteroatoms. The zero-order valence-electron chi connectivity index (χ0n) is 13.9. The molecule has 3 heterocycles. The SMILES string of the molecule is COC(=O)c1cc(N2C(=O)[C@@H]3[C@H](C2=O)[C@@]2(C)C=C[C@@]3(C)O2)ccc1Cl. The molecule has 130 valence electrons. The van der Waals surface area contributed by atoms with Crippen LogP contribution in [0.5, 0.6) is 0 Å². The van der Waals surface area contributed by atoms with Gasteiger partial charge in [0.1, 0.15) is 0 Å². The molecular weight excluding hydrogens is 346 g/mol. The van der Waals surface area contributed by atoms with Crippen molar-refractivity contribution in [3.05, 3.63) is 40.9 Å². The lowest BCUT2D eigenvalue weighted by atomic mass is 9.73. The molecular formula is C18H16ClNO5. The van der Waals surface area contributed by atoms with Gasteiger partial charge in [-0.05, 0) is 32.0 Å². The molecule has 4 rings (SSSR count). The van der Waals surface area contributed by atoms with Crippen molar-refractivity contribution < 1.29 is 23.9 Å². The van der Waals surface area contributed by atoms with E-state index in [1.54, 1.807) is 6.07 Å². The summed E-state index contributed by atoms with van der Waals surface area (Å²) < 4.78 is 10.7. The number of fused-ring (bicyclic) bond motifs is 5. The second-order valence-electron chi connectivity index (χ2n) is 6.93. The van der Waals surface area contributed by atoms with Crippen LogP contribution in [0.15, 0.2) is 30.4 Å². The number of nitrogens with zero attached hydrogens (tertiary/aromatic N) is 1. The number of esters is 1. The summed E-state index contributed by atoms with van der Waals surface area (Å²) in [5, 5.41) is 0.193. The van der Waals surface area contributed by atoms with Gasteiger partial charge in [-0.1, -0.05) is 23.8 Å². The van der Waals surface area contributed by atoms with Crippen molar-refractivity contribution >= 4 is 35.1 Å². The van der Waals surface area contributed by atoms with Gasteiger partial charge in [-0.25, -0.2) is 9.69 Å². The van der Waals surface area contributed by atoms with Gasteiger partial charge in [0.2, 0.25) is 11.8 Å². The molecule has 25 heavy (non-hydrogen) atoms. The number of hydrogen-bond donors (Lipinski definition) is 0. The number of methoxy groups -OCH3 is 1. The van der Waals surface area contributed by atoms with Crippen LogP contribution in [-0.2, 0) is 19.1 Å². The largest absolute Gasteiger partial charge is 0.465 e. The maximum atomic E-state index is 13.0. The summed E-state index contributed by atoms with van der Waals surface area (Å²) in [5.74, 6) is -2.44. The van der Waals surface area contributed by atoms with E-state index in [0.29, 0.717) is 5.69 Å². The van der Waals surface area contributed by atoms with E-state index in [-0.39, 0.29) is 22.4 Å². The zero-order chi connectivity index (χ0) is 18.1. The number of ether oxygens (including phenoxy) is 2. The minimum absolute atomic E-state index is 0.106. The van der Waals surface area contributed by atoms with Crippen molar-refractivity contribution in [3.63, 3.8) is 0 Å². The Labute approximate surface area is 149 Å². The van der Waals surface area contributed by atoms with Gasteiger partial charge in [0.15, 0.2) is 0 Å². The van der Waals surface area contributed by atoms with Gasteiger partial charge < -0.3 is 9.47 Å². The number of hydrogen-bond acceptors (Lipinski definition) is 5. The Morgan fingerprint density at radius 3 is 2.24 bits per heavy atom. The van der Waals surface area contributed by atoms with E-state index in [4.69, 9.17) is 21.1 Å². The van der Waals surface area contributed by atoms with Gasteiger partial charge in [0, 0.05) is 0 Å². The van der Waals surface area contributed by atoms with Crippen molar-refractivity contribution in [3.8, 4) is 0 Å². The van der Waals surface area contributed by atoms with E-state index in [9.17, 15) is 14.4 Å². The second kappa shape index (κ2) is 4.93. The predicted octanol–water partition coefficient (Wildman–Crippen LogP) is 2.35. The van der Waals surface area contributed by atoms with Crippen LogP contribution in [0, 0.1) is 11.8 Å². The summed E-state index contributed by atoms with van der Waals surface area (Å²) >= 11 is 6.03. The maximum Gasteiger partial charge on any atom is 0.339 e. The van der Waals surface area contributed by atoms with Gasteiger partial charge >= 0.3 is 5.97 Å². The summed E-state index contributed by atoms with van der Waals surface area (Å²) in [5.41, 5.74) is -1.17. The van der Waals surface area contributed by atoms with E-state index in [1.165, 1.54) is 19.2 Å². The molecule has 1 aromatic carbocycles. The number of amides is 2. The van der Waals surface area contributed by atoms with Crippen molar-refractivity contribution in [2.45, 2.75) is 25.0 Å². The molecule has 2 fully saturated rings. The highest BCUT2D eigenvalue weighted by Gasteiger charge is 2.70. The van der Waals surface area contributed by atoms with Crippen LogP contribution in [0.3, 0.4) is 0 Å². The molecule has 0 N–H and O–H groups in total. The molecule has 3 aliphatic heterocycles. The number of rotatable bonds is 2. The van der Waals surface area contributed by atoms with Gasteiger partial charge in [-0.3, -0.25) is 9.59 Å². The molecule has 4 atom stereocenters. The van der Waals surface area contributed by atoms with E-state index in [0.717, 1.165) is 4.90 Å². The first-order chi connectivity index (χ1) is 11.7. The molecule has 0 unspecified atom stereocenters. The summed E-state index contributed by atoms with van der Waals surface area (Å²) in [4.78, 5) is 39.0. The molecule has 2 saturated heterocycles. The van der Waals surface area contributed by atoms with Gasteiger partial charge in [0.25, 0.3) is 0 Å². The third-order valence-electron chi connectivity index (χ3n) is 5.34. The van der Waals surface area contributed by atoms with Gasteiger partial charge in [-0.2, -0.15) is 0 Å². The Kier molecular flexibility index (Phi) is 3.21. The van der Waals surface area contributed by atoms with Crippen LogP contribution >= 0.6 is 11.6 Å². The van der Waals surface area contributed by atoms with Crippen LogP contribution in [-0.4, -0.2) is 36.1 Å². The van der Waals surface area contributed by atoms with E-state index in [1.807, 2.05) is 26.0 Å². The van der Waals surface area contributed by atoms with Crippen molar-refractivity contribution in [1.82, 2.24) is 0 Å². The highest BCUT2D eigenvalue weighted by molar-refractivity contribution is 6.34. The minimum atomic E-state index is -0.793. The Morgan fingerprint density at radius 1 is 1.16 bits per heavy atom. The predicted molar refractivity (Wildman–Crippen MR) is 89.3 cm³/mol. The normalized spacial score (nSPS) is 35.4. The molecule has 2 amide bonds. The lowest BCUT2D eigenvalue weighted by Gasteiger charge is -2.25. The lowest BCUT2D eigenvalue weighted by molar-refractivity contribution is -0.128. The molecule has 1 aromatic rings. The van der Waals surface area contributed by atoms with Crippen LogP contribution < -0.4 is 4.90 Å². The smallest absolute Gasteiger partial charge is 0.339 e. The number of carbonyl (C=O) groups is 3. The second-order valence-corrected chi connectivity index (χ2v) is 7.33.